The predicted molar refractivity (Wildman–Crippen MR) is 123 cm³/mol. The molecule has 1 saturated heterocycles. The first-order chi connectivity index (χ1) is 12.5. The van der Waals surface area contributed by atoms with Crippen LogP contribution in [0.1, 0.15) is 38.2 Å². The maximum Gasteiger partial charge on any atom is 0.309 e. The highest BCUT2D eigenvalue weighted by atomic mass is 127. The lowest BCUT2D eigenvalue weighted by Gasteiger charge is -2.33. The second-order valence-electron chi connectivity index (χ2n) is 6.48. The van der Waals surface area contributed by atoms with Crippen LogP contribution in [0.2, 0.25) is 10.0 Å². The zero-order valence-electron chi connectivity index (χ0n) is 16.0. The number of nitrogens with one attached hydrogen (secondary N) is 1. The number of guanidine groups is 1. The van der Waals surface area contributed by atoms with E-state index >= 15 is 0 Å². The van der Waals surface area contributed by atoms with Crippen molar-refractivity contribution in [3.05, 3.63) is 33.8 Å². The maximum atomic E-state index is 11.9. The first kappa shape index (κ1) is 24.3. The van der Waals surface area contributed by atoms with E-state index in [1.54, 1.807) is 7.05 Å². The Balaban J connectivity index is 0.00000364. The van der Waals surface area contributed by atoms with Gasteiger partial charge in [0.1, 0.15) is 0 Å². The van der Waals surface area contributed by atoms with Crippen molar-refractivity contribution in [1.82, 2.24) is 10.2 Å². The van der Waals surface area contributed by atoms with E-state index in [4.69, 9.17) is 27.9 Å². The van der Waals surface area contributed by atoms with Crippen molar-refractivity contribution < 1.29 is 9.53 Å². The lowest BCUT2D eigenvalue weighted by molar-refractivity contribution is -0.149. The van der Waals surface area contributed by atoms with Crippen LogP contribution < -0.4 is 5.32 Å². The van der Waals surface area contributed by atoms with Gasteiger partial charge in [0.15, 0.2) is 5.96 Å². The minimum Gasteiger partial charge on any atom is -0.466 e. The predicted octanol–water partition coefficient (Wildman–Crippen LogP) is 4.57. The van der Waals surface area contributed by atoms with Gasteiger partial charge in [-0.2, -0.15) is 0 Å². The van der Waals surface area contributed by atoms with Gasteiger partial charge in [0.2, 0.25) is 0 Å². The van der Waals surface area contributed by atoms with Crippen LogP contribution in [0.25, 0.3) is 0 Å². The van der Waals surface area contributed by atoms with Crippen molar-refractivity contribution in [2.75, 3.05) is 33.3 Å². The van der Waals surface area contributed by atoms with Crippen molar-refractivity contribution in [3.8, 4) is 0 Å². The lowest BCUT2D eigenvalue weighted by atomic mass is 9.97. The average Bonchev–Trinajstić information content (AvgIpc) is 2.63. The van der Waals surface area contributed by atoms with E-state index in [9.17, 15) is 4.79 Å². The topological polar surface area (TPSA) is 53.9 Å². The molecule has 1 heterocycles. The number of hydrogen-bond acceptors (Lipinski definition) is 3. The molecule has 0 bridgehead atoms. The number of likely N-dealkylation sites (tertiary alicyclic amines) is 1. The standard InChI is InChI=1S/C19H27Cl2N3O2.HI/c1-4-26-18(25)14-8-10-24(11-9-14)19(22-3)23-12-13(2)17-15(20)6-5-7-16(17)21;/h5-7,13-14H,4,8-12H2,1-3H3,(H,22,23);1H. The third kappa shape index (κ3) is 6.68. The summed E-state index contributed by atoms with van der Waals surface area (Å²) in [6, 6.07) is 5.56. The Labute approximate surface area is 188 Å². The summed E-state index contributed by atoms with van der Waals surface area (Å²) >= 11 is 12.6. The maximum absolute atomic E-state index is 11.9. The third-order valence-corrected chi connectivity index (χ3v) is 5.34. The van der Waals surface area contributed by atoms with Crippen LogP contribution >= 0.6 is 47.2 Å². The molecule has 1 aromatic carbocycles. The molecule has 27 heavy (non-hydrogen) atoms. The molecular weight excluding hydrogens is 500 g/mol. The highest BCUT2D eigenvalue weighted by Crippen LogP contribution is 2.31. The first-order valence-corrected chi connectivity index (χ1v) is 9.79. The molecule has 1 aromatic rings. The molecule has 0 aromatic heterocycles. The molecule has 0 radical (unpaired) electrons. The van der Waals surface area contributed by atoms with Gasteiger partial charge in [-0.25, -0.2) is 0 Å². The molecule has 1 aliphatic heterocycles. The van der Waals surface area contributed by atoms with E-state index in [1.807, 2.05) is 25.1 Å². The van der Waals surface area contributed by atoms with Crippen LogP contribution in [0.5, 0.6) is 0 Å². The fourth-order valence-electron chi connectivity index (χ4n) is 3.25. The van der Waals surface area contributed by atoms with Gasteiger partial charge >= 0.3 is 5.97 Å². The summed E-state index contributed by atoms with van der Waals surface area (Å²) in [7, 11) is 1.77. The average molecular weight is 528 g/mol. The molecular formula is C19H28Cl2IN3O2. The Bertz CT molecular complexity index is 630. The lowest BCUT2D eigenvalue weighted by Crippen LogP contribution is -2.47. The molecule has 0 saturated carbocycles. The van der Waals surface area contributed by atoms with Gasteiger partial charge in [-0.05, 0) is 37.5 Å². The summed E-state index contributed by atoms with van der Waals surface area (Å²) in [5, 5.41) is 4.76. The minimum atomic E-state index is -0.0860. The van der Waals surface area contributed by atoms with Crippen molar-refractivity contribution in [1.29, 1.82) is 0 Å². The fraction of sp³-hybridized carbons (Fsp3) is 0.579. The van der Waals surface area contributed by atoms with Gasteiger partial charge in [-0.15, -0.1) is 24.0 Å². The number of carbonyl (C=O) groups is 1. The number of ether oxygens (including phenoxy) is 1. The smallest absolute Gasteiger partial charge is 0.309 e. The number of rotatable bonds is 5. The van der Waals surface area contributed by atoms with E-state index in [-0.39, 0.29) is 41.8 Å². The highest BCUT2D eigenvalue weighted by molar-refractivity contribution is 14.0. The number of esters is 1. The summed E-state index contributed by atoms with van der Waals surface area (Å²) in [6.45, 7) is 6.60. The summed E-state index contributed by atoms with van der Waals surface area (Å²) in [4.78, 5) is 18.4. The first-order valence-electron chi connectivity index (χ1n) is 9.04. The minimum absolute atomic E-state index is 0. The number of nitrogens with zero attached hydrogens (tertiary/aromatic N) is 2. The van der Waals surface area contributed by atoms with Gasteiger partial charge in [0.25, 0.3) is 0 Å². The van der Waals surface area contributed by atoms with Gasteiger partial charge < -0.3 is 15.0 Å². The molecule has 1 atom stereocenters. The highest BCUT2D eigenvalue weighted by Gasteiger charge is 2.27. The van der Waals surface area contributed by atoms with Crippen LogP contribution in [-0.4, -0.2) is 50.1 Å². The Morgan fingerprint density at radius 1 is 1.33 bits per heavy atom. The molecule has 1 unspecified atom stereocenters. The Morgan fingerprint density at radius 2 is 1.93 bits per heavy atom. The number of aliphatic imine (C=N–C) groups is 1. The van der Waals surface area contributed by atoms with Gasteiger partial charge in [0.05, 0.1) is 12.5 Å². The third-order valence-electron chi connectivity index (χ3n) is 4.69. The number of carbonyl (C=O) groups excluding carboxylic acids is 1. The largest absolute Gasteiger partial charge is 0.466 e. The molecule has 152 valence electrons. The molecule has 5 nitrogen and oxygen atoms in total. The SMILES string of the molecule is CCOC(=O)C1CCN(C(=NC)NCC(C)c2c(Cl)cccc2Cl)CC1.I. The fourth-order valence-corrected chi connectivity index (χ4v) is 4.02. The van der Waals surface area contributed by atoms with E-state index in [1.165, 1.54) is 0 Å². The zero-order valence-corrected chi connectivity index (χ0v) is 19.8. The number of hydrogen-bond donors (Lipinski definition) is 1. The molecule has 0 aliphatic carbocycles. The van der Waals surface area contributed by atoms with Crippen LogP contribution in [0.3, 0.4) is 0 Å². The molecule has 1 fully saturated rings. The molecule has 1 N–H and O–H groups in total. The van der Waals surface area contributed by atoms with Crippen LogP contribution in [0, 0.1) is 5.92 Å². The molecule has 1 aliphatic rings. The number of benzene rings is 1. The van der Waals surface area contributed by atoms with E-state index in [2.05, 4.69) is 22.1 Å². The number of piperidine rings is 1. The van der Waals surface area contributed by atoms with Crippen molar-refractivity contribution >= 4 is 59.1 Å². The van der Waals surface area contributed by atoms with E-state index < -0.39 is 0 Å². The van der Waals surface area contributed by atoms with E-state index in [0.717, 1.165) is 37.5 Å². The van der Waals surface area contributed by atoms with Crippen LogP contribution in [0.4, 0.5) is 0 Å². The molecule has 0 amide bonds. The Morgan fingerprint density at radius 3 is 2.44 bits per heavy atom. The summed E-state index contributed by atoms with van der Waals surface area (Å²) in [6.07, 6.45) is 1.57. The zero-order chi connectivity index (χ0) is 19.1. The van der Waals surface area contributed by atoms with E-state index in [0.29, 0.717) is 23.2 Å². The molecule has 8 heteroatoms. The summed E-state index contributed by atoms with van der Waals surface area (Å²) in [5.74, 6) is 0.884. The monoisotopic (exact) mass is 527 g/mol. The van der Waals surface area contributed by atoms with Gasteiger partial charge in [-0.1, -0.05) is 36.2 Å². The van der Waals surface area contributed by atoms with Crippen molar-refractivity contribution in [3.63, 3.8) is 0 Å². The van der Waals surface area contributed by atoms with Gasteiger partial charge in [-0.3, -0.25) is 9.79 Å². The van der Waals surface area contributed by atoms with Crippen molar-refractivity contribution in [2.45, 2.75) is 32.6 Å². The summed E-state index contributed by atoms with van der Waals surface area (Å²) in [5.41, 5.74) is 0.944. The normalized spacial score (nSPS) is 16.5. The molecule has 0 spiro atoms. The van der Waals surface area contributed by atoms with Crippen LogP contribution in [-0.2, 0) is 9.53 Å². The van der Waals surface area contributed by atoms with Crippen LogP contribution in [0.15, 0.2) is 23.2 Å². The number of halogens is 3. The Kier molecular flexibility index (Phi) is 10.8. The second-order valence-corrected chi connectivity index (χ2v) is 7.29. The Hall–Kier alpha value is -0.730. The quantitative estimate of drug-likeness (QED) is 0.264. The van der Waals surface area contributed by atoms with Gasteiger partial charge in [0, 0.05) is 42.6 Å². The van der Waals surface area contributed by atoms with Crippen molar-refractivity contribution in [2.24, 2.45) is 10.9 Å². The second kappa shape index (κ2) is 12.0. The molecule has 2 rings (SSSR count). The summed E-state index contributed by atoms with van der Waals surface area (Å²) < 4.78 is 5.13.